The van der Waals surface area contributed by atoms with Crippen LogP contribution in [0.25, 0.3) is 0 Å². The molecule has 0 heterocycles. The molecule has 0 bridgehead atoms. The van der Waals surface area contributed by atoms with E-state index >= 15 is 0 Å². The smallest absolute Gasteiger partial charge is 0.221 e. The van der Waals surface area contributed by atoms with Gasteiger partial charge in [-0.15, -0.1) is 6.58 Å². The molecule has 0 aromatic heterocycles. The number of hydrogen-bond donors (Lipinski definition) is 3. The fourth-order valence-electron chi connectivity index (χ4n) is 1.38. The topological polar surface area (TPSA) is 91.5 Å². The maximum Gasteiger partial charge on any atom is 0.221 e. The summed E-state index contributed by atoms with van der Waals surface area (Å²) in [5.74, 6) is -0.0947. The van der Waals surface area contributed by atoms with Gasteiger partial charge in [-0.1, -0.05) is 34.1 Å². The van der Waals surface area contributed by atoms with Gasteiger partial charge in [0, 0.05) is 17.6 Å². The average Bonchev–Trinajstić information content (AvgIpc) is 2.30. The molecule has 1 aromatic rings. The summed E-state index contributed by atoms with van der Waals surface area (Å²) >= 11 is 3.38. The van der Waals surface area contributed by atoms with Crippen LogP contribution in [0.2, 0.25) is 0 Å². The minimum atomic E-state index is -0.120. The van der Waals surface area contributed by atoms with E-state index < -0.39 is 0 Å². The van der Waals surface area contributed by atoms with E-state index in [1.54, 1.807) is 11.0 Å². The average molecular weight is 310 g/mol. The lowest BCUT2D eigenvalue weighted by Gasteiger charge is -2.21. The largest absolute Gasteiger partial charge is 0.370 e. The molecule has 0 aliphatic rings. The van der Waals surface area contributed by atoms with Crippen molar-refractivity contribution in [2.75, 3.05) is 6.54 Å². The van der Waals surface area contributed by atoms with Crippen LogP contribution in [0.3, 0.4) is 0 Å². The number of benzene rings is 1. The second-order valence-corrected chi connectivity index (χ2v) is 4.57. The van der Waals surface area contributed by atoms with Crippen LogP contribution in [0.1, 0.15) is 5.56 Å². The van der Waals surface area contributed by atoms with E-state index in [1.807, 2.05) is 24.3 Å². The van der Waals surface area contributed by atoms with Gasteiger partial charge in [0.05, 0.1) is 0 Å². The summed E-state index contributed by atoms with van der Waals surface area (Å²) in [5.41, 5.74) is 11.6. The molecule has 1 aromatic carbocycles. The van der Waals surface area contributed by atoms with Crippen LogP contribution >= 0.6 is 15.9 Å². The minimum absolute atomic E-state index is 0.0258. The molecule has 0 amide bonds. The number of halogens is 1. The number of aliphatic imine (C=N–C) groups is 1. The van der Waals surface area contributed by atoms with Crippen molar-refractivity contribution in [3.05, 3.63) is 47.0 Å². The van der Waals surface area contributed by atoms with Gasteiger partial charge in [0.2, 0.25) is 5.96 Å². The summed E-state index contributed by atoms with van der Waals surface area (Å²) in [5, 5.41) is 7.79. The first-order chi connectivity index (χ1) is 8.52. The molecule has 96 valence electrons. The molecule has 0 aliphatic heterocycles. The number of nitrogens with one attached hydrogen (secondary N) is 1. The Hall–Kier alpha value is -1.82. The Morgan fingerprint density at radius 2 is 2.00 bits per heavy atom. The number of guanidine groups is 2. The van der Waals surface area contributed by atoms with Crippen LogP contribution in [0.15, 0.2) is 46.4 Å². The molecule has 0 atom stereocenters. The first-order valence-corrected chi connectivity index (χ1v) is 6.10. The molecule has 5 nitrogen and oxygen atoms in total. The lowest BCUT2D eigenvalue weighted by atomic mass is 10.2. The van der Waals surface area contributed by atoms with E-state index in [9.17, 15) is 0 Å². The Morgan fingerprint density at radius 1 is 1.39 bits per heavy atom. The second kappa shape index (κ2) is 6.80. The summed E-state index contributed by atoms with van der Waals surface area (Å²) in [7, 11) is 0. The zero-order valence-electron chi connectivity index (χ0n) is 9.94. The van der Waals surface area contributed by atoms with Crippen LogP contribution in [-0.4, -0.2) is 23.4 Å². The molecular formula is C12H16BrN5. The molecular weight excluding hydrogens is 294 g/mol. The third kappa shape index (κ3) is 4.58. The zero-order chi connectivity index (χ0) is 13.5. The molecule has 0 saturated heterocycles. The van der Waals surface area contributed by atoms with E-state index in [1.165, 1.54) is 0 Å². The first kappa shape index (κ1) is 14.2. The van der Waals surface area contributed by atoms with Gasteiger partial charge in [0.25, 0.3) is 0 Å². The Balaban J connectivity index is 2.80. The predicted molar refractivity (Wildman–Crippen MR) is 78.3 cm³/mol. The molecule has 0 spiro atoms. The molecule has 18 heavy (non-hydrogen) atoms. The standard InChI is InChI=1S/C12H16BrN5/c1-2-7-18(12(16)17-11(14)15)8-9-3-5-10(13)6-4-9/h2-6H,1,7-8H2,(H5,14,15,16,17). The molecule has 0 aliphatic carbocycles. The summed E-state index contributed by atoms with van der Waals surface area (Å²) in [4.78, 5) is 5.45. The van der Waals surface area contributed by atoms with Gasteiger partial charge in [-0.2, -0.15) is 4.99 Å². The van der Waals surface area contributed by atoms with Gasteiger partial charge in [-0.05, 0) is 17.7 Å². The number of nitrogens with zero attached hydrogens (tertiary/aromatic N) is 2. The van der Waals surface area contributed by atoms with Crippen molar-refractivity contribution in [3.8, 4) is 0 Å². The Bertz CT molecular complexity index is 448. The van der Waals surface area contributed by atoms with Gasteiger partial charge in [0.1, 0.15) is 0 Å². The SMILES string of the molecule is C=CCN(Cc1ccc(Br)cc1)C(=N)N=C(N)N. The van der Waals surface area contributed by atoms with Gasteiger partial charge in [0.15, 0.2) is 5.96 Å². The van der Waals surface area contributed by atoms with Crippen molar-refractivity contribution in [2.45, 2.75) is 6.54 Å². The van der Waals surface area contributed by atoms with Crippen molar-refractivity contribution in [3.63, 3.8) is 0 Å². The number of rotatable bonds is 4. The third-order valence-electron chi connectivity index (χ3n) is 2.17. The molecule has 1 rings (SSSR count). The van der Waals surface area contributed by atoms with E-state index in [0.717, 1.165) is 10.0 Å². The summed E-state index contributed by atoms with van der Waals surface area (Å²) < 4.78 is 1.01. The second-order valence-electron chi connectivity index (χ2n) is 3.66. The van der Waals surface area contributed by atoms with Crippen LogP contribution in [0.4, 0.5) is 0 Å². The molecule has 0 saturated carbocycles. The maximum absolute atomic E-state index is 7.79. The van der Waals surface area contributed by atoms with Crippen molar-refractivity contribution >= 4 is 27.8 Å². The molecule has 6 heteroatoms. The van der Waals surface area contributed by atoms with Gasteiger partial charge < -0.3 is 16.4 Å². The monoisotopic (exact) mass is 309 g/mol. The fourth-order valence-corrected chi connectivity index (χ4v) is 1.65. The molecule has 5 N–H and O–H groups in total. The van der Waals surface area contributed by atoms with E-state index in [0.29, 0.717) is 13.1 Å². The normalized spacial score (nSPS) is 9.61. The van der Waals surface area contributed by atoms with Crippen LogP contribution < -0.4 is 11.5 Å². The first-order valence-electron chi connectivity index (χ1n) is 5.31. The summed E-state index contributed by atoms with van der Waals surface area (Å²) in [6, 6.07) is 7.85. The van der Waals surface area contributed by atoms with Crippen molar-refractivity contribution in [1.29, 1.82) is 5.41 Å². The predicted octanol–water partition coefficient (Wildman–Crippen LogP) is 1.65. The highest BCUT2D eigenvalue weighted by molar-refractivity contribution is 9.10. The Labute approximate surface area is 115 Å². The maximum atomic E-state index is 7.79. The zero-order valence-corrected chi connectivity index (χ0v) is 11.5. The van der Waals surface area contributed by atoms with E-state index in [-0.39, 0.29) is 11.9 Å². The van der Waals surface area contributed by atoms with Crippen molar-refractivity contribution < 1.29 is 0 Å². The highest BCUT2D eigenvalue weighted by atomic mass is 79.9. The Kier molecular flexibility index (Phi) is 5.38. The number of hydrogen-bond acceptors (Lipinski definition) is 1. The third-order valence-corrected chi connectivity index (χ3v) is 2.70. The summed E-state index contributed by atoms with van der Waals surface area (Å²) in [6.07, 6.45) is 1.70. The highest BCUT2D eigenvalue weighted by Gasteiger charge is 2.08. The van der Waals surface area contributed by atoms with Gasteiger partial charge in [-0.25, -0.2) is 0 Å². The minimum Gasteiger partial charge on any atom is -0.370 e. The van der Waals surface area contributed by atoms with Crippen molar-refractivity contribution in [1.82, 2.24) is 4.90 Å². The number of nitrogens with two attached hydrogens (primary N) is 2. The van der Waals surface area contributed by atoms with Gasteiger partial charge in [-0.3, -0.25) is 5.41 Å². The van der Waals surface area contributed by atoms with Gasteiger partial charge >= 0.3 is 0 Å². The lowest BCUT2D eigenvalue weighted by Crippen LogP contribution is -2.33. The van der Waals surface area contributed by atoms with E-state index in [4.69, 9.17) is 16.9 Å². The summed E-state index contributed by atoms with van der Waals surface area (Å²) in [6.45, 7) is 4.72. The van der Waals surface area contributed by atoms with Crippen LogP contribution in [0.5, 0.6) is 0 Å². The Morgan fingerprint density at radius 3 is 2.50 bits per heavy atom. The fraction of sp³-hybridized carbons (Fsp3) is 0.167. The lowest BCUT2D eigenvalue weighted by molar-refractivity contribution is 0.448. The molecule has 0 unspecified atom stereocenters. The molecule has 0 fully saturated rings. The van der Waals surface area contributed by atoms with E-state index in [2.05, 4.69) is 27.5 Å². The van der Waals surface area contributed by atoms with Crippen LogP contribution in [-0.2, 0) is 6.54 Å². The van der Waals surface area contributed by atoms with Crippen molar-refractivity contribution in [2.24, 2.45) is 16.5 Å². The molecule has 0 radical (unpaired) electrons. The van der Waals surface area contributed by atoms with Crippen LogP contribution in [0, 0.1) is 5.41 Å². The highest BCUT2D eigenvalue weighted by Crippen LogP contribution is 2.12. The quantitative estimate of drug-likeness (QED) is 0.448.